The topological polar surface area (TPSA) is 109 Å². The largest absolute Gasteiger partial charge is 0.480 e. The van der Waals surface area contributed by atoms with Crippen molar-refractivity contribution < 1.29 is 23.0 Å². The van der Waals surface area contributed by atoms with Crippen molar-refractivity contribution in [3.63, 3.8) is 0 Å². The summed E-state index contributed by atoms with van der Waals surface area (Å²) in [6.07, 6.45) is 0.734. The first-order valence-corrected chi connectivity index (χ1v) is 15.4. The molecule has 3 aromatic heterocycles. The molecule has 0 amide bonds. The van der Waals surface area contributed by atoms with Crippen LogP contribution >= 0.6 is 11.3 Å². The fourth-order valence-corrected chi connectivity index (χ4v) is 6.40. The number of ether oxygens (including phenoxy) is 2. The van der Waals surface area contributed by atoms with Gasteiger partial charge in [-0.1, -0.05) is 37.3 Å². The van der Waals surface area contributed by atoms with Gasteiger partial charge in [0, 0.05) is 49.5 Å². The van der Waals surface area contributed by atoms with Gasteiger partial charge >= 0.3 is 5.69 Å². The maximum Gasteiger partial charge on any atom is 0.338 e. The van der Waals surface area contributed by atoms with Crippen LogP contribution in [0.1, 0.15) is 30.0 Å². The molecular weight excluding hydrogens is 616 g/mol. The fourth-order valence-electron chi connectivity index (χ4n) is 5.10. The molecule has 0 aliphatic heterocycles. The summed E-state index contributed by atoms with van der Waals surface area (Å²) in [6, 6.07) is 13.8. The summed E-state index contributed by atoms with van der Waals surface area (Å²) in [6.45, 7) is 2.62. The predicted octanol–water partition coefficient (Wildman–Crippen LogP) is 4.61. The summed E-state index contributed by atoms with van der Waals surface area (Å²) in [7, 11) is 4.88. The Morgan fingerprint density at radius 2 is 1.70 bits per heavy atom. The van der Waals surface area contributed by atoms with Crippen molar-refractivity contribution in [1.29, 1.82) is 0 Å². The van der Waals surface area contributed by atoms with E-state index in [-0.39, 0.29) is 33.3 Å². The van der Waals surface area contributed by atoms with E-state index < -0.39 is 29.4 Å². The molecule has 5 aromatic rings. The Morgan fingerprint density at radius 3 is 2.30 bits per heavy atom. The van der Waals surface area contributed by atoms with Crippen molar-refractivity contribution in [3.05, 3.63) is 104 Å². The number of likely N-dealkylation sites (N-methyl/N-ethyl adjacent to an activating group) is 1. The molecule has 5 rings (SSSR count). The molecule has 0 saturated heterocycles. The normalized spacial score (nSPS) is 11.5. The van der Waals surface area contributed by atoms with Crippen molar-refractivity contribution in [1.82, 2.24) is 24.2 Å². The Hall–Kier alpha value is -4.59. The second-order valence-corrected chi connectivity index (χ2v) is 11.7. The van der Waals surface area contributed by atoms with Crippen molar-refractivity contribution >= 4 is 27.3 Å². The number of benzene rings is 2. The number of rotatable bonds is 13. The number of fused-ring (bicyclic) bond motifs is 1. The molecule has 0 unspecified atom stereocenters. The number of methoxy groups -OCH3 is 2. The number of nitrogens with zero attached hydrogens (tertiary/aromatic N) is 5. The quantitative estimate of drug-likeness (QED) is 0.182. The van der Waals surface area contributed by atoms with Gasteiger partial charge in [0.25, 0.3) is 5.56 Å². The lowest BCUT2D eigenvalue weighted by atomic mass is 10.0. The molecule has 0 fully saturated rings. The van der Waals surface area contributed by atoms with Gasteiger partial charge in [-0.2, -0.15) is 0 Å². The van der Waals surface area contributed by atoms with E-state index in [0.29, 0.717) is 43.0 Å². The molecule has 13 heteroatoms. The van der Waals surface area contributed by atoms with Gasteiger partial charge in [-0.3, -0.25) is 19.1 Å². The lowest BCUT2D eigenvalue weighted by molar-refractivity contribution is -0.118. The van der Waals surface area contributed by atoms with Gasteiger partial charge in [0.2, 0.25) is 5.88 Å². The van der Waals surface area contributed by atoms with Crippen LogP contribution in [-0.4, -0.2) is 64.4 Å². The minimum absolute atomic E-state index is 0.0724. The van der Waals surface area contributed by atoms with Crippen LogP contribution in [0.2, 0.25) is 0 Å². The number of aromatic nitrogens is 4. The summed E-state index contributed by atoms with van der Waals surface area (Å²) in [5.41, 5.74) is 0.431. The monoisotopic (exact) mass is 649 g/mol. The molecule has 0 bridgehead atoms. The zero-order valence-electron chi connectivity index (χ0n) is 25.9. The van der Waals surface area contributed by atoms with Crippen LogP contribution in [0.3, 0.4) is 0 Å². The van der Waals surface area contributed by atoms with Crippen LogP contribution in [0.15, 0.2) is 64.2 Å². The van der Waals surface area contributed by atoms with E-state index in [4.69, 9.17) is 9.47 Å². The number of hydrogen-bond donors (Lipinski definition) is 0. The van der Waals surface area contributed by atoms with Crippen LogP contribution in [0.25, 0.3) is 26.5 Å². The van der Waals surface area contributed by atoms with E-state index in [0.717, 1.165) is 27.8 Å². The van der Waals surface area contributed by atoms with Crippen LogP contribution in [0, 0.1) is 11.6 Å². The maximum absolute atomic E-state index is 14.9. The number of carbonyl (C=O) groups excluding carboxylic acids is 1. The van der Waals surface area contributed by atoms with Gasteiger partial charge in [-0.05, 0) is 41.9 Å². The standard InChI is InChI=1S/C33H33F2N5O5S/c1-5-22(41)17-20-9-11-21(12-10-20)30-24(18-38(2)15-16-44-3)29-31(42)40(27-13-14-28(45-4)37-36-27)33(43)39(32(29)46-30)19-23-25(34)7-6-8-26(23)35/h6-14H,5,15-19H2,1-4H3. The maximum atomic E-state index is 14.9. The second kappa shape index (κ2) is 14.2. The first-order valence-electron chi connectivity index (χ1n) is 14.6. The molecule has 0 aliphatic carbocycles. The van der Waals surface area contributed by atoms with Crippen molar-refractivity contribution in [2.45, 2.75) is 32.9 Å². The third-order valence-electron chi connectivity index (χ3n) is 7.63. The molecule has 3 heterocycles. The zero-order chi connectivity index (χ0) is 33.0. The minimum atomic E-state index is -0.833. The second-order valence-electron chi connectivity index (χ2n) is 10.7. The van der Waals surface area contributed by atoms with Gasteiger partial charge < -0.3 is 9.47 Å². The molecule has 0 spiro atoms. The number of halogens is 2. The lowest BCUT2D eigenvalue weighted by Crippen LogP contribution is -2.40. The van der Waals surface area contributed by atoms with Crippen molar-refractivity contribution in [2.75, 3.05) is 34.4 Å². The first-order chi connectivity index (χ1) is 22.2. The van der Waals surface area contributed by atoms with Crippen LogP contribution < -0.4 is 16.0 Å². The summed E-state index contributed by atoms with van der Waals surface area (Å²) in [5, 5.41) is 8.18. The lowest BCUT2D eigenvalue weighted by Gasteiger charge is -2.17. The highest BCUT2D eigenvalue weighted by Gasteiger charge is 2.26. The van der Waals surface area contributed by atoms with Gasteiger partial charge in [0.15, 0.2) is 5.82 Å². The Morgan fingerprint density at radius 1 is 0.978 bits per heavy atom. The Balaban J connectivity index is 1.81. The van der Waals surface area contributed by atoms with Crippen LogP contribution in [0.4, 0.5) is 8.78 Å². The fraction of sp³-hybridized carbons (Fsp3) is 0.303. The highest BCUT2D eigenvalue weighted by molar-refractivity contribution is 7.22. The van der Waals surface area contributed by atoms with Gasteiger partial charge in [0.05, 0.1) is 25.6 Å². The first kappa shape index (κ1) is 32.8. The Kier molecular flexibility index (Phi) is 10.1. The minimum Gasteiger partial charge on any atom is -0.480 e. The Labute approximate surface area is 267 Å². The van der Waals surface area contributed by atoms with Crippen LogP contribution in [-0.2, 0) is 29.0 Å². The molecule has 10 nitrogen and oxygen atoms in total. The highest BCUT2D eigenvalue weighted by Crippen LogP contribution is 2.38. The molecule has 0 radical (unpaired) electrons. The van der Waals surface area contributed by atoms with E-state index in [1.807, 2.05) is 43.1 Å². The molecule has 0 saturated carbocycles. The molecule has 2 aromatic carbocycles. The molecular formula is C33H33F2N5O5S. The molecule has 240 valence electrons. The summed E-state index contributed by atoms with van der Waals surface area (Å²) < 4.78 is 42.3. The van der Waals surface area contributed by atoms with E-state index in [9.17, 15) is 23.2 Å². The van der Waals surface area contributed by atoms with Crippen molar-refractivity contribution in [2.24, 2.45) is 0 Å². The number of carbonyl (C=O) groups is 1. The Bertz CT molecular complexity index is 1970. The SMILES string of the molecule is CCC(=O)Cc1ccc(-c2sc3c(c2CN(C)CCOC)c(=O)n(-c2ccc(OC)nn2)c(=O)n3Cc2c(F)cccc2F)cc1. The van der Waals surface area contributed by atoms with Crippen molar-refractivity contribution in [3.8, 4) is 22.1 Å². The predicted molar refractivity (Wildman–Crippen MR) is 172 cm³/mol. The number of ketones is 1. The average Bonchev–Trinajstić information content (AvgIpc) is 3.42. The molecule has 0 aliphatic rings. The smallest absolute Gasteiger partial charge is 0.338 e. The van der Waals surface area contributed by atoms with Gasteiger partial charge in [0.1, 0.15) is 22.2 Å². The van der Waals surface area contributed by atoms with Crippen LogP contribution in [0.5, 0.6) is 5.88 Å². The summed E-state index contributed by atoms with van der Waals surface area (Å²) >= 11 is 1.19. The average molecular weight is 650 g/mol. The van der Waals surface area contributed by atoms with E-state index >= 15 is 0 Å². The molecule has 0 N–H and O–H groups in total. The summed E-state index contributed by atoms with van der Waals surface area (Å²) in [4.78, 5) is 43.4. The van der Waals surface area contributed by atoms with Gasteiger partial charge in [-0.25, -0.2) is 18.1 Å². The van der Waals surface area contributed by atoms with E-state index in [1.54, 1.807) is 7.11 Å². The zero-order valence-corrected chi connectivity index (χ0v) is 26.7. The number of thiophene rings is 1. The third kappa shape index (κ3) is 6.66. The highest BCUT2D eigenvalue weighted by atomic mass is 32.1. The molecule has 0 atom stereocenters. The van der Waals surface area contributed by atoms with E-state index in [1.165, 1.54) is 41.2 Å². The molecule has 46 heavy (non-hydrogen) atoms. The third-order valence-corrected chi connectivity index (χ3v) is 8.94. The summed E-state index contributed by atoms with van der Waals surface area (Å²) in [5.74, 6) is -1.43. The van der Waals surface area contributed by atoms with Gasteiger partial charge in [-0.15, -0.1) is 21.5 Å². The number of Topliss-reactive ketones (excluding diaryl/α,β-unsaturated/α-hetero) is 1. The van der Waals surface area contributed by atoms with E-state index in [2.05, 4.69) is 10.2 Å². The number of hydrogen-bond acceptors (Lipinski definition) is 9.